The van der Waals surface area contributed by atoms with Crippen LogP contribution in [0.15, 0.2) is 36.5 Å². The lowest BCUT2D eigenvalue weighted by Gasteiger charge is -2.27. The standard InChI is InChI=1S/C20H29N3O/c1-21(2)18-9-7-17(8-10-18)20(24)11-15-23-14-5-6-19(23)16-22-12-3-4-13-22/h7-11,15,19H,3-6,12-14,16H2,1-2H3/b15-11+/t19-/m0/s1. The van der Waals surface area contributed by atoms with Gasteiger partial charge in [0.15, 0.2) is 5.78 Å². The van der Waals surface area contributed by atoms with E-state index in [9.17, 15) is 4.79 Å². The monoisotopic (exact) mass is 327 g/mol. The van der Waals surface area contributed by atoms with Crippen LogP contribution in [0.1, 0.15) is 36.0 Å². The molecule has 0 aromatic heterocycles. The topological polar surface area (TPSA) is 26.8 Å². The Morgan fingerprint density at radius 2 is 1.83 bits per heavy atom. The summed E-state index contributed by atoms with van der Waals surface area (Å²) in [5, 5.41) is 0. The van der Waals surface area contributed by atoms with Crippen LogP contribution in [0.25, 0.3) is 0 Å². The van der Waals surface area contributed by atoms with E-state index in [1.54, 1.807) is 6.08 Å². The first-order chi connectivity index (χ1) is 11.6. The summed E-state index contributed by atoms with van der Waals surface area (Å²) >= 11 is 0. The minimum atomic E-state index is 0.0899. The number of anilines is 1. The van der Waals surface area contributed by atoms with Crippen LogP contribution in [-0.4, -0.2) is 61.9 Å². The zero-order valence-corrected chi connectivity index (χ0v) is 14.9. The molecule has 0 aliphatic carbocycles. The van der Waals surface area contributed by atoms with E-state index in [1.165, 1.54) is 38.8 Å². The SMILES string of the molecule is CN(C)c1ccc(C(=O)/C=C/N2CCC[C@H]2CN2CCCC2)cc1. The summed E-state index contributed by atoms with van der Waals surface area (Å²) < 4.78 is 0. The Balaban J connectivity index is 1.58. The minimum Gasteiger partial charge on any atom is -0.378 e. The summed E-state index contributed by atoms with van der Waals surface area (Å²) in [6.45, 7) is 4.70. The molecule has 24 heavy (non-hydrogen) atoms. The number of ketones is 1. The van der Waals surface area contributed by atoms with Gasteiger partial charge in [-0.05, 0) is 63.0 Å². The van der Waals surface area contributed by atoms with Crippen molar-refractivity contribution in [1.82, 2.24) is 9.80 Å². The fourth-order valence-corrected chi connectivity index (χ4v) is 3.70. The van der Waals surface area contributed by atoms with E-state index in [0.29, 0.717) is 6.04 Å². The van der Waals surface area contributed by atoms with Crippen molar-refractivity contribution >= 4 is 11.5 Å². The normalized spacial score (nSPS) is 21.8. The zero-order chi connectivity index (χ0) is 16.9. The fourth-order valence-electron chi connectivity index (χ4n) is 3.70. The van der Waals surface area contributed by atoms with Crippen molar-refractivity contribution in [2.24, 2.45) is 0 Å². The van der Waals surface area contributed by atoms with E-state index in [-0.39, 0.29) is 5.78 Å². The summed E-state index contributed by atoms with van der Waals surface area (Å²) in [5.74, 6) is 0.0899. The molecule has 0 unspecified atom stereocenters. The molecule has 2 aliphatic heterocycles. The molecule has 0 saturated carbocycles. The molecule has 0 N–H and O–H groups in total. The van der Waals surface area contributed by atoms with Gasteiger partial charge in [-0.15, -0.1) is 0 Å². The van der Waals surface area contributed by atoms with Crippen LogP contribution in [0.3, 0.4) is 0 Å². The van der Waals surface area contributed by atoms with Gasteiger partial charge >= 0.3 is 0 Å². The van der Waals surface area contributed by atoms with Crippen LogP contribution in [0.2, 0.25) is 0 Å². The number of hydrogen-bond donors (Lipinski definition) is 0. The molecule has 4 nitrogen and oxygen atoms in total. The van der Waals surface area contributed by atoms with E-state index >= 15 is 0 Å². The molecule has 130 valence electrons. The molecule has 2 heterocycles. The molecule has 2 saturated heterocycles. The maximum Gasteiger partial charge on any atom is 0.187 e. The molecule has 0 radical (unpaired) electrons. The van der Waals surface area contributed by atoms with E-state index < -0.39 is 0 Å². The Kier molecular flexibility index (Phi) is 5.56. The van der Waals surface area contributed by atoms with Gasteiger partial charge < -0.3 is 14.7 Å². The number of rotatable bonds is 6. The molecular weight excluding hydrogens is 298 g/mol. The first kappa shape index (κ1) is 17.0. The van der Waals surface area contributed by atoms with Crippen molar-refractivity contribution in [2.45, 2.75) is 31.7 Å². The lowest BCUT2D eigenvalue weighted by molar-refractivity contribution is 0.104. The minimum absolute atomic E-state index is 0.0899. The van der Waals surface area contributed by atoms with Crippen molar-refractivity contribution in [2.75, 3.05) is 45.2 Å². The number of nitrogens with zero attached hydrogens (tertiary/aromatic N) is 3. The number of carbonyl (C=O) groups is 1. The van der Waals surface area contributed by atoms with Crippen LogP contribution in [0.5, 0.6) is 0 Å². The lowest BCUT2D eigenvalue weighted by Crippen LogP contribution is -2.36. The van der Waals surface area contributed by atoms with E-state index in [1.807, 2.05) is 49.5 Å². The molecule has 1 atom stereocenters. The van der Waals surface area contributed by atoms with Crippen LogP contribution in [-0.2, 0) is 0 Å². The van der Waals surface area contributed by atoms with Crippen molar-refractivity contribution < 1.29 is 4.79 Å². The van der Waals surface area contributed by atoms with Gasteiger partial charge in [0.25, 0.3) is 0 Å². The van der Waals surface area contributed by atoms with Crippen molar-refractivity contribution in [3.8, 4) is 0 Å². The molecule has 0 amide bonds. The van der Waals surface area contributed by atoms with E-state index in [4.69, 9.17) is 0 Å². The molecule has 1 aromatic rings. The third-order valence-corrected chi connectivity index (χ3v) is 5.18. The third kappa shape index (κ3) is 4.18. The highest BCUT2D eigenvalue weighted by atomic mass is 16.1. The number of allylic oxidation sites excluding steroid dienone is 1. The van der Waals surface area contributed by atoms with Gasteiger partial charge in [-0.3, -0.25) is 4.79 Å². The second-order valence-corrected chi connectivity index (χ2v) is 7.16. The highest BCUT2D eigenvalue weighted by molar-refractivity contribution is 6.04. The van der Waals surface area contributed by atoms with Crippen LogP contribution < -0.4 is 4.90 Å². The van der Waals surface area contributed by atoms with Crippen LogP contribution in [0, 0.1) is 0 Å². The van der Waals surface area contributed by atoms with Crippen molar-refractivity contribution in [1.29, 1.82) is 0 Å². The molecule has 0 spiro atoms. The van der Waals surface area contributed by atoms with Crippen LogP contribution >= 0.6 is 0 Å². The predicted molar refractivity (Wildman–Crippen MR) is 99.6 cm³/mol. The molecule has 4 heteroatoms. The Labute approximate surface area is 145 Å². The summed E-state index contributed by atoms with van der Waals surface area (Å²) in [6, 6.07) is 8.38. The van der Waals surface area contributed by atoms with Gasteiger partial charge in [0.05, 0.1) is 0 Å². The summed E-state index contributed by atoms with van der Waals surface area (Å²) in [6.07, 6.45) is 8.91. The fraction of sp³-hybridized carbons (Fsp3) is 0.550. The maximum atomic E-state index is 12.4. The third-order valence-electron chi connectivity index (χ3n) is 5.18. The molecule has 3 rings (SSSR count). The van der Waals surface area contributed by atoms with Crippen molar-refractivity contribution in [3.63, 3.8) is 0 Å². The van der Waals surface area contributed by atoms with Crippen molar-refractivity contribution in [3.05, 3.63) is 42.1 Å². The Morgan fingerprint density at radius 3 is 2.50 bits per heavy atom. The lowest BCUT2D eigenvalue weighted by atomic mass is 10.1. The first-order valence-electron chi connectivity index (χ1n) is 9.11. The largest absolute Gasteiger partial charge is 0.378 e. The van der Waals surface area contributed by atoms with Gasteiger partial charge in [-0.1, -0.05) is 0 Å². The van der Waals surface area contributed by atoms with Gasteiger partial charge in [-0.25, -0.2) is 0 Å². The Morgan fingerprint density at radius 1 is 1.12 bits per heavy atom. The van der Waals surface area contributed by atoms with E-state index in [2.05, 4.69) is 9.80 Å². The molecule has 1 aromatic carbocycles. The summed E-state index contributed by atoms with van der Waals surface area (Å²) in [7, 11) is 4.01. The van der Waals surface area contributed by atoms with Crippen LogP contribution in [0.4, 0.5) is 5.69 Å². The molecular formula is C20H29N3O. The first-order valence-corrected chi connectivity index (χ1v) is 9.11. The average molecular weight is 327 g/mol. The second-order valence-electron chi connectivity index (χ2n) is 7.16. The van der Waals surface area contributed by atoms with Gasteiger partial charge in [-0.2, -0.15) is 0 Å². The number of hydrogen-bond acceptors (Lipinski definition) is 4. The summed E-state index contributed by atoms with van der Waals surface area (Å²) in [5.41, 5.74) is 1.87. The molecule has 0 bridgehead atoms. The predicted octanol–water partition coefficient (Wildman–Crippen LogP) is 3.01. The van der Waals surface area contributed by atoms with Gasteiger partial charge in [0.1, 0.15) is 0 Å². The van der Waals surface area contributed by atoms with Gasteiger partial charge in [0.2, 0.25) is 0 Å². The molecule has 2 fully saturated rings. The highest BCUT2D eigenvalue weighted by Crippen LogP contribution is 2.21. The Hall–Kier alpha value is -1.81. The Bertz CT molecular complexity index is 573. The van der Waals surface area contributed by atoms with E-state index in [0.717, 1.165) is 24.3 Å². The molecule has 2 aliphatic rings. The number of likely N-dealkylation sites (tertiary alicyclic amines) is 2. The summed E-state index contributed by atoms with van der Waals surface area (Å²) in [4.78, 5) is 19.4. The zero-order valence-electron chi connectivity index (χ0n) is 14.9. The maximum absolute atomic E-state index is 12.4. The number of benzene rings is 1. The van der Waals surface area contributed by atoms with Gasteiger partial charge in [0, 0.05) is 56.8 Å². The number of carbonyl (C=O) groups excluding carboxylic acids is 1. The quantitative estimate of drug-likeness (QED) is 0.593. The smallest absolute Gasteiger partial charge is 0.187 e. The average Bonchev–Trinajstić information content (AvgIpc) is 3.25. The highest BCUT2D eigenvalue weighted by Gasteiger charge is 2.25. The second kappa shape index (κ2) is 7.84.